The standard InChI is InChI=1S/C6H13NO3S/c7-3-1-6(8)2-4-11(9,10)5-6/h8H,1-5,7H2. The molecule has 1 fully saturated rings. The van der Waals surface area contributed by atoms with Crippen LogP contribution in [0.25, 0.3) is 0 Å². The van der Waals surface area contributed by atoms with Crippen molar-refractivity contribution in [2.45, 2.75) is 18.4 Å². The third-order valence-corrected chi connectivity index (χ3v) is 3.78. The number of nitrogens with two attached hydrogens (primary N) is 1. The molecule has 0 spiro atoms. The number of hydrogen-bond acceptors (Lipinski definition) is 4. The van der Waals surface area contributed by atoms with E-state index in [0.29, 0.717) is 19.4 Å². The molecule has 0 saturated carbocycles. The maximum Gasteiger partial charge on any atom is 0.153 e. The van der Waals surface area contributed by atoms with Crippen molar-refractivity contribution in [2.24, 2.45) is 5.73 Å². The van der Waals surface area contributed by atoms with Gasteiger partial charge in [0.25, 0.3) is 0 Å². The lowest BCUT2D eigenvalue weighted by atomic mass is 10.00. The van der Waals surface area contributed by atoms with Gasteiger partial charge in [-0.25, -0.2) is 8.42 Å². The maximum absolute atomic E-state index is 10.9. The highest BCUT2D eigenvalue weighted by molar-refractivity contribution is 7.91. The third kappa shape index (κ3) is 2.15. The second kappa shape index (κ2) is 2.73. The fraction of sp³-hybridized carbons (Fsp3) is 1.00. The van der Waals surface area contributed by atoms with E-state index in [9.17, 15) is 13.5 Å². The van der Waals surface area contributed by atoms with Gasteiger partial charge in [0, 0.05) is 0 Å². The molecule has 1 unspecified atom stereocenters. The molecule has 1 rings (SSSR count). The summed E-state index contributed by atoms with van der Waals surface area (Å²) >= 11 is 0. The summed E-state index contributed by atoms with van der Waals surface area (Å²) in [6.07, 6.45) is 0.721. The van der Waals surface area contributed by atoms with Crippen molar-refractivity contribution < 1.29 is 13.5 Å². The van der Waals surface area contributed by atoms with Crippen LogP contribution in [-0.4, -0.2) is 37.2 Å². The molecular weight excluding hydrogens is 166 g/mol. The van der Waals surface area contributed by atoms with Gasteiger partial charge in [0.15, 0.2) is 9.84 Å². The molecule has 0 aliphatic carbocycles. The molecule has 4 nitrogen and oxygen atoms in total. The lowest BCUT2D eigenvalue weighted by Crippen LogP contribution is -2.32. The highest BCUT2D eigenvalue weighted by Crippen LogP contribution is 2.25. The van der Waals surface area contributed by atoms with E-state index in [1.54, 1.807) is 0 Å². The maximum atomic E-state index is 10.9. The van der Waals surface area contributed by atoms with Crippen LogP contribution in [0.15, 0.2) is 0 Å². The zero-order valence-corrected chi connectivity index (χ0v) is 7.10. The summed E-state index contributed by atoms with van der Waals surface area (Å²) in [5.74, 6) is -0.0132. The van der Waals surface area contributed by atoms with E-state index in [0.717, 1.165) is 0 Å². The summed E-state index contributed by atoms with van der Waals surface area (Å²) in [5, 5.41) is 9.57. The van der Waals surface area contributed by atoms with Gasteiger partial charge in [-0.2, -0.15) is 0 Å². The van der Waals surface area contributed by atoms with E-state index in [-0.39, 0.29) is 11.5 Å². The monoisotopic (exact) mass is 179 g/mol. The molecule has 11 heavy (non-hydrogen) atoms. The van der Waals surface area contributed by atoms with Crippen LogP contribution in [0.2, 0.25) is 0 Å². The highest BCUT2D eigenvalue weighted by atomic mass is 32.2. The summed E-state index contributed by atoms with van der Waals surface area (Å²) in [6.45, 7) is 0.339. The molecule has 66 valence electrons. The minimum absolute atomic E-state index is 0.101. The lowest BCUT2D eigenvalue weighted by molar-refractivity contribution is 0.0612. The smallest absolute Gasteiger partial charge is 0.153 e. The first-order chi connectivity index (χ1) is 4.97. The predicted molar refractivity (Wildman–Crippen MR) is 41.9 cm³/mol. The SMILES string of the molecule is NCCC1(O)CCS(=O)(=O)C1. The molecule has 1 aliphatic heterocycles. The van der Waals surface area contributed by atoms with Crippen molar-refractivity contribution in [2.75, 3.05) is 18.1 Å². The Morgan fingerprint density at radius 3 is 2.55 bits per heavy atom. The number of aliphatic hydroxyl groups is 1. The van der Waals surface area contributed by atoms with Gasteiger partial charge in [0.2, 0.25) is 0 Å². The first kappa shape index (κ1) is 8.96. The Morgan fingerprint density at radius 1 is 1.55 bits per heavy atom. The number of hydrogen-bond donors (Lipinski definition) is 2. The fourth-order valence-corrected chi connectivity index (χ4v) is 3.31. The lowest BCUT2D eigenvalue weighted by Gasteiger charge is -2.18. The van der Waals surface area contributed by atoms with E-state index in [2.05, 4.69) is 0 Å². The molecule has 0 amide bonds. The zero-order valence-electron chi connectivity index (χ0n) is 6.28. The summed E-state index contributed by atoms with van der Waals surface area (Å²) in [5.41, 5.74) is 4.19. The Kier molecular flexibility index (Phi) is 2.22. The molecule has 3 N–H and O–H groups in total. The van der Waals surface area contributed by atoms with Crippen LogP contribution in [0.1, 0.15) is 12.8 Å². The van der Waals surface area contributed by atoms with Crippen LogP contribution in [0.4, 0.5) is 0 Å². The number of rotatable bonds is 2. The first-order valence-electron chi connectivity index (χ1n) is 3.60. The highest BCUT2D eigenvalue weighted by Gasteiger charge is 2.39. The quantitative estimate of drug-likeness (QED) is 0.563. The molecule has 1 aliphatic rings. The van der Waals surface area contributed by atoms with Gasteiger partial charge in [-0.1, -0.05) is 0 Å². The largest absolute Gasteiger partial charge is 0.389 e. The summed E-state index contributed by atoms with van der Waals surface area (Å²) in [7, 11) is -2.98. The van der Waals surface area contributed by atoms with Crippen molar-refractivity contribution >= 4 is 9.84 Å². The van der Waals surface area contributed by atoms with Gasteiger partial charge in [0.05, 0.1) is 17.1 Å². The van der Waals surface area contributed by atoms with Crippen molar-refractivity contribution in [1.29, 1.82) is 0 Å². The Bertz CT molecular complexity index is 236. The van der Waals surface area contributed by atoms with Crippen LogP contribution in [0, 0.1) is 0 Å². The molecule has 1 saturated heterocycles. The van der Waals surface area contributed by atoms with Crippen molar-refractivity contribution in [3.05, 3.63) is 0 Å². The minimum atomic E-state index is -2.98. The van der Waals surface area contributed by atoms with Crippen LogP contribution in [0.3, 0.4) is 0 Å². The summed E-state index contributed by atoms with van der Waals surface area (Å²) in [6, 6.07) is 0. The van der Waals surface area contributed by atoms with Crippen LogP contribution < -0.4 is 5.73 Å². The normalized spacial score (nSPS) is 35.8. The predicted octanol–water partition coefficient (Wildman–Crippen LogP) is -1.12. The van der Waals surface area contributed by atoms with Gasteiger partial charge < -0.3 is 10.8 Å². The Labute approximate surface area is 66.3 Å². The van der Waals surface area contributed by atoms with Gasteiger partial charge in [0.1, 0.15) is 0 Å². The van der Waals surface area contributed by atoms with E-state index < -0.39 is 15.4 Å². The minimum Gasteiger partial charge on any atom is -0.389 e. The van der Waals surface area contributed by atoms with Gasteiger partial charge in [-0.05, 0) is 19.4 Å². The van der Waals surface area contributed by atoms with Crippen LogP contribution in [0.5, 0.6) is 0 Å². The summed E-state index contributed by atoms with van der Waals surface area (Å²) < 4.78 is 21.8. The van der Waals surface area contributed by atoms with Crippen LogP contribution in [-0.2, 0) is 9.84 Å². The molecule has 0 aromatic rings. The molecule has 5 heteroatoms. The van der Waals surface area contributed by atoms with E-state index in [1.807, 2.05) is 0 Å². The Hall–Kier alpha value is -0.130. The van der Waals surface area contributed by atoms with E-state index >= 15 is 0 Å². The molecule has 0 radical (unpaired) electrons. The second-order valence-electron chi connectivity index (χ2n) is 3.11. The molecule has 0 aromatic heterocycles. The summed E-state index contributed by atoms with van der Waals surface area (Å²) in [4.78, 5) is 0. The van der Waals surface area contributed by atoms with Gasteiger partial charge in [-0.15, -0.1) is 0 Å². The van der Waals surface area contributed by atoms with Gasteiger partial charge >= 0.3 is 0 Å². The molecular formula is C6H13NO3S. The molecule has 0 bridgehead atoms. The average molecular weight is 179 g/mol. The topological polar surface area (TPSA) is 80.4 Å². The fourth-order valence-electron chi connectivity index (χ4n) is 1.37. The van der Waals surface area contributed by atoms with Crippen molar-refractivity contribution in [3.63, 3.8) is 0 Å². The van der Waals surface area contributed by atoms with E-state index in [1.165, 1.54) is 0 Å². The first-order valence-corrected chi connectivity index (χ1v) is 5.42. The number of sulfone groups is 1. The Balaban J connectivity index is 2.65. The van der Waals surface area contributed by atoms with Crippen LogP contribution >= 0.6 is 0 Å². The van der Waals surface area contributed by atoms with Crippen molar-refractivity contribution in [1.82, 2.24) is 0 Å². The molecule has 0 aromatic carbocycles. The zero-order chi connectivity index (χ0) is 8.54. The van der Waals surface area contributed by atoms with E-state index in [4.69, 9.17) is 5.73 Å². The second-order valence-corrected chi connectivity index (χ2v) is 5.29. The Morgan fingerprint density at radius 2 is 2.18 bits per heavy atom. The molecule has 1 heterocycles. The third-order valence-electron chi connectivity index (χ3n) is 1.98. The molecule has 1 atom stereocenters. The average Bonchev–Trinajstić information content (AvgIpc) is 2.07. The van der Waals surface area contributed by atoms with Gasteiger partial charge in [-0.3, -0.25) is 0 Å². The van der Waals surface area contributed by atoms with Crippen molar-refractivity contribution in [3.8, 4) is 0 Å².